The van der Waals surface area contributed by atoms with Gasteiger partial charge in [0.25, 0.3) is 5.91 Å². The van der Waals surface area contributed by atoms with E-state index in [4.69, 9.17) is 11.6 Å². The number of carbonyl (C=O) groups is 1. The first kappa shape index (κ1) is 19.8. The molecule has 0 radical (unpaired) electrons. The second kappa shape index (κ2) is 8.53. The SMILES string of the molecule is O=C(Nc1ccc2[nH]ccc2c1)c1ccc(Nc2nccc(-c3ccc(Cl)cc3)n2)cc1. The van der Waals surface area contributed by atoms with Crippen molar-refractivity contribution in [2.75, 3.05) is 10.6 Å². The molecule has 6 nitrogen and oxygen atoms in total. The molecule has 2 aromatic heterocycles. The lowest BCUT2D eigenvalue weighted by Gasteiger charge is -2.09. The van der Waals surface area contributed by atoms with Crippen LogP contribution in [0, 0.1) is 0 Å². The molecule has 0 aliphatic carbocycles. The van der Waals surface area contributed by atoms with Crippen LogP contribution in [0.5, 0.6) is 0 Å². The summed E-state index contributed by atoms with van der Waals surface area (Å²) in [5.74, 6) is 0.293. The van der Waals surface area contributed by atoms with Crippen molar-refractivity contribution in [3.05, 3.63) is 102 Å². The molecule has 0 saturated carbocycles. The molecule has 3 aromatic carbocycles. The van der Waals surface area contributed by atoms with Crippen molar-refractivity contribution >= 4 is 45.7 Å². The highest BCUT2D eigenvalue weighted by molar-refractivity contribution is 6.30. The number of carbonyl (C=O) groups excluding carboxylic acids is 1. The van der Waals surface area contributed by atoms with E-state index in [1.54, 1.807) is 18.3 Å². The molecule has 5 rings (SSSR count). The Kier molecular flexibility index (Phi) is 5.27. The molecule has 156 valence electrons. The van der Waals surface area contributed by atoms with Gasteiger partial charge in [0.1, 0.15) is 0 Å². The van der Waals surface area contributed by atoms with Gasteiger partial charge in [-0.05, 0) is 66.7 Å². The number of rotatable bonds is 5. The summed E-state index contributed by atoms with van der Waals surface area (Å²) in [6.07, 6.45) is 3.57. The first-order valence-electron chi connectivity index (χ1n) is 9.99. The summed E-state index contributed by atoms with van der Waals surface area (Å²) < 4.78 is 0. The van der Waals surface area contributed by atoms with Gasteiger partial charge in [-0.3, -0.25) is 4.79 Å². The third-order valence-electron chi connectivity index (χ3n) is 5.01. The van der Waals surface area contributed by atoms with Crippen LogP contribution < -0.4 is 10.6 Å². The largest absolute Gasteiger partial charge is 0.361 e. The lowest BCUT2D eigenvalue weighted by Crippen LogP contribution is -2.11. The highest BCUT2D eigenvalue weighted by atomic mass is 35.5. The second-order valence-corrected chi connectivity index (χ2v) is 7.64. The van der Waals surface area contributed by atoms with Crippen LogP contribution in [0.4, 0.5) is 17.3 Å². The number of H-pyrrole nitrogens is 1. The van der Waals surface area contributed by atoms with Crippen LogP contribution in [0.3, 0.4) is 0 Å². The summed E-state index contributed by atoms with van der Waals surface area (Å²) in [7, 11) is 0. The Bertz CT molecular complexity index is 1390. The summed E-state index contributed by atoms with van der Waals surface area (Å²) in [5.41, 5.74) is 4.85. The Balaban J connectivity index is 1.28. The van der Waals surface area contributed by atoms with Crippen molar-refractivity contribution in [1.29, 1.82) is 0 Å². The minimum atomic E-state index is -0.174. The van der Waals surface area contributed by atoms with Crippen LogP contribution in [0.25, 0.3) is 22.2 Å². The quantitative estimate of drug-likeness (QED) is 0.301. The maximum atomic E-state index is 12.6. The predicted octanol–water partition coefficient (Wildman–Crippen LogP) is 6.27. The van der Waals surface area contributed by atoms with Crippen molar-refractivity contribution < 1.29 is 4.79 Å². The summed E-state index contributed by atoms with van der Waals surface area (Å²) in [4.78, 5) is 24.6. The zero-order chi connectivity index (χ0) is 21.9. The van der Waals surface area contributed by atoms with Gasteiger partial charge in [0, 0.05) is 50.8 Å². The number of halogens is 1. The fourth-order valence-electron chi connectivity index (χ4n) is 3.37. The van der Waals surface area contributed by atoms with Crippen molar-refractivity contribution in [3.8, 4) is 11.3 Å². The van der Waals surface area contributed by atoms with E-state index in [0.29, 0.717) is 16.5 Å². The number of nitrogens with one attached hydrogen (secondary N) is 3. The third kappa shape index (κ3) is 4.31. The molecule has 0 unspecified atom stereocenters. The van der Waals surface area contributed by atoms with Gasteiger partial charge in [0.2, 0.25) is 5.95 Å². The molecule has 2 heterocycles. The summed E-state index contributed by atoms with van der Waals surface area (Å²) >= 11 is 5.96. The predicted molar refractivity (Wildman–Crippen MR) is 128 cm³/mol. The summed E-state index contributed by atoms with van der Waals surface area (Å²) in [6.45, 7) is 0. The monoisotopic (exact) mass is 439 g/mol. The second-order valence-electron chi connectivity index (χ2n) is 7.21. The Morgan fingerprint density at radius 3 is 2.47 bits per heavy atom. The molecule has 7 heteroatoms. The zero-order valence-electron chi connectivity index (χ0n) is 16.8. The van der Waals surface area contributed by atoms with Crippen molar-refractivity contribution in [2.24, 2.45) is 0 Å². The molecule has 3 N–H and O–H groups in total. The molecular weight excluding hydrogens is 422 g/mol. The highest BCUT2D eigenvalue weighted by Crippen LogP contribution is 2.22. The van der Waals surface area contributed by atoms with E-state index >= 15 is 0 Å². The first-order chi connectivity index (χ1) is 15.6. The zero-order valence-corrected chi connectivity index (χ0v) is 17.6. The standard InChI is InChI=1S/C25H18ClN5O/c26-19-5-1-16(2-6-19)23-12-14-28-25(31-23)30-20-7-3-17(4-8-20)24(32)29-21-9-10-22-18(15-21)11-13-27-22/h1-15,27H,(H,29,32)(H,28,30,31). The Morgan fingerprint density at radius 2 is 1.66 bits per heavy atom. The fourth-order valence-corrected chi connectivity index (χ4v) is 3.49. The number of nitrogens with zero attached hydrogens (tertiary/aromatic N) is 2. The summed E-state index contributed by atoms with van der Waals surface area (Å²) in [5, 5.41) is 7.83. The van der Waals surface area contributed by atoms with Crippen LogP contribution >= 0.6 is 11.6 Å². The molecule has 0 fully saturated rings. The highest BCUT2D eigenvalue weighted by Gasteiger charge is 2.08. The van der Waals surface area contributed by atoms with Crippen molar-refractivity contribution in [2.45, 2.75) is 0 Å². The van der Waals surface area contributed by atoms with E-state index in [2.05, 4.69) is 25.6 Å². The normalized spacial score (nSPS) is 10.8. The van der Waals surface area contributed by atoms with E-state index in [1.165, 1.54) is 0 Å². The van der Waals surface area contributed by atoms with Gasteiger partial charge in [-0.2, -0.15) is 0 Å². The topological polar surface area (TPSA) is 82.7 Å². The van der Waals surface area contributed by atoms with E-state index in [-0.39, 0.29) is 5.91 Å². The molecule has 5 aromatic rings. The smallest absolute Gasteiger partial charge is 0.255 e. The first-order valence-corrected chi connectivity index (χ1v) is 10.4. The number of hydrogen-bond donors (Lipinski definition) is 3. The molecular formula is C25H18ClN5O. The Labute approximate surface area is 189 Å². The fraction of sp³-hybridized carbons (Fsp3) is 0. The van der Waals surface area contributed by atoms with Crippen LogP contribution in [0.1, 0.15) is 10.4 Å². The molecule has 1 amide bonds. The van der Waals surface area contributed by atoms with E-state index in [0.717, 1.165) is 33.5 Å². The minimum Gasteiger partial charge on any atom is -0.361 e. The molecule has 0 bridgehead atoms. The third-order valence-corrected chi connectivity index (χ3v) is 5.26. The number of aromatic amines is 1. The van der Waals surface area contributed by atoms with Gasteiger partial charge in [-0.25, -0.2) is 9.97 Å². The Morgan fingerprint density at radius 1 is 0.875 bits per heavy atom. The van der Waals surface area contributed by atoms with Crippen LogP contribution in [-0.2, 0) is 0 Å². The van der Waals surface area contributed by atoms with Gasteiger partial charge in [0.15, 0.2) is 0 Å². The number of benzene rings is 3. The number of anilines is 3. The van der Waals surface area contributed by atoms with Crippen molar-refractivity contribution in [1.82, 2.24) is 15.0 Å². The summed E-state index contributed by atoms with van der Waals surface area (Å²) in [6, 6.07) is 24.2. The number of aromatic nitrogens is 3. The van der Waals surface area contributed by atoms with Gasteiger partial charge >= 0.3 is 0 Å². The van der Waals surface area contributed by atoms with Gasteiger partial charge in [-0.15, -0.1) is 0 Å². The average molecular weight is 440 g/mol. The van der Waals surface area contributed by atoms with Gasteiger partial charge < -0.3 is 15.6 Å². The van der Waals surface area contributed by atoms with Crippen LogP contribution in [0.15, 0.2) is 91.3 Å². The number of amides is 1. The Hall–Kier alpha value is -4.16. The molecule has 0 aliphatic heterocycles. The van der Waals surface area contributed by atoms with Gasteiger partial charge in [-0.1, -0.05) is 23.7 Å². The average Bonchev–Trinajstić information content (AvgIpc) is 3.28. The van der Waals surface area contributed by atoms with Crippen LogP contribution in [0.2, 0.25) is 5.02 Å². The minimum absolute atomic E-state index is 0.174. The molecule has 0 spiro atoms. The van der Waals surface area contributed by atoms with E-state index < -0.39 is 0 Å². The number of hydrogen-bond acceptors (Lipinski definition) is 4. The van der Waals surface area contributed by atoms with Gasteiger partial charge in [0.05, 0.1) is 5.69 Å². The molecule has 0 aliphatic rings. The number of fused-ring (bicyclic) bond motifs is 1. The maximum Gasteiger partial charge on any atom is 0.255 e. The lowest BCUT2D eigenvalue weighted by atomic mass is 10.1. The van der Waals surface area contributed by atoms with Crippen LogP contribution in [-0.4, -0.2) is 20.9 Å². The lowest BCUT2D eigenvalue weighted by molar-refractivity contribution is 0.102. The molecule has 0 saturated heterocycles. The molecule has 32 heavy (non-hydrogen) atoms. The maximum absolute atomic E-state index is 12.6. The molecule has 0 atom stereocenters. The van der Waals surface area contributed by atoms with E-state index in [1.807, 2.05) is 72.9 Å². The van der Waals surface area contributed by atoms with Crippen molar-refractivity contribution in [3.63, 3.8) is 0 Å². The van der Waals surface area contributed by atoms with E-state index in [9.17, 15) is 4.79 Å².